The van der Waals surface area contributed by atoms with Crippen molar-refractivity contribution in [1.82, 2.24) is 15.3 Å². The number of nitrogens with one attached hydrogen (secondary N) is 2. The van der Waals surface area contributed by atoms with E-state index in [9.17, 15) is 4.79 Å². The van der Waals surface area contributed by atoms with Crippen molar-refractivity contribution in [2.45, 2.75) is 19.8 Å². The van der Waals surface area contributed by atoms with E-state index in [1.54, 1.807) is 12.3 Å². The Morgan fingerprint density at radius 2 is 2.24 bits per heavy atom. The fraction of sp³-hybridized carbons (Fsp3) is 0.250. The molecule has 0 aromatic carbocycles. The molecule has 1 amide bonds. The van der Waals surface area contributed by atoms with Crippen LogP contribution in [0.15, 0.2) is 41.1 Å². The number of fused-ring (bicyclic) bond motifs is 1. The van der Waals surface area contributed by atoms with Gasteiger partial charge in [0.25, 0.3) is 5.91 Å². The average Bonchev–Trinajstić information content (AvgIpc) is 3.16. The van der Waals surface area contributed by atoms with Crippen LogP contribution in [0.25, 0.3) is 22.4 Å². The van der Waals surface area contributed by atoms with Crippen molar-refractivity contribution >= 4 is 16.9 Å². The molecule has 5 heteroatoms. The quantitative estimate of drug-likeness (QED) is 0.705. The van der Waals surface area contributed by atoms with Crippen LogP contribution in [0.4, 0.5) is 0 Å². The Morgan fingerprint density at radius 1 is 1.33 bits per heavy atom. The smallest absolute Gasteiger partial charge is 0.287 e. The van der Waals surface area contributed by atoms with E-state index in [0.717, 1.165) is 29.4 Å². The first-order valence-electron chi connectivity index (χ1n) is 7.10. The third-order valence-electron chi connectivity index (χ3n) is 3.37. The minimum atomic E-state index is -0.172. The molecule has 0 aliphatic carbocycles. The lowest BCUT2D eigenvalue weighted by atomic mass is 10.1. The monoisotopic (exact) mass is 283 g/mol. The van der Waals surface area contributed by atoms with E-state index in [4.69, 9.17) is 4.42 Å². The van der Waals surface area contributed by atoms with Crippen molar-refractivity contribution in [2.75, 3.05) is 6.54 Å². The predicted octanol–water partition coefficient (Wildman–Crippen LogP) is 3.35. The SMILES string of the molecule is CCCCNC(=O)c1ccc(-c2ccnc3[nH]ccc23)o1. The van der Waals surface area contributed by atoms with Gasteiger partial charge in [-0.05, 0) is 30.7 Å². The fourth-order valence-electron chi connectivity index (χ4n) is 2.25. The summed E-state index contributed by atoms with van der Waals surface area (Å²) in [6.45, 7) is 2.76. The third-order valence-corrected chi connectivity index (χ3v) is 3.37. The van der Waals surface area contributed by atoms with Crippen molar-refractivity contribution in [1.29, 1.82) is 0 Å². The molecule has 0 saturated carbocycles. The van der Waals surface area contributed by atoms with Gasteiger partial charge < -0.3 is 14.7 Å². The maximum absolute atomic E-state index is 12.0. The minimum Gasteiger partial charge on any atom is -0.451 e. The van der Waals surface area contributed by atoms with E-state index < -0.39 is 0 Å². The predicted molar refractivity (Wildman–Crippen MR) is 81.0 cm³/mol. The van der Waals surface area contributed by atoms with Gasteiger partial charge in [0, 0.05) is 29.9 Å². The maximum Gasteiger partial charge on any atom is 0.287 e. The molecular weight excluding hydrogens is 266 g/mol. The highest BCUT2D eigenvalue weighted by Crippen LogP contribution is 2.28. The van der Waals surface area contributed by atoms with Crippen LogP contribution in [0.5, 0.6) is 0 Å². The number of nitrogens with zero attached hydrogens (tertiary/aromatic N) is 1. The summed E-state index contributed by atoms with van der Waals surface area (Å²) in [4.78, 5) is 19.3. The van der Waals surface area contributed by atoms with Crippen LogP contribution in [0.3, 0.4) is 0 Å². The summed E-state index contributed by atoms with van der Waals surface area (Å²) in [6, 6.07) is 7.35. The van der Waals surface area contributed by atoms with E-state index >= 15 is 0 Å². The molecule has 3 rings (SSSR count). The second kappa shape index (κ2) is 5.83. The Balaban J connectivity index is 1.85. The molecule has 0 unspecified atom stereocenters. The number of unbranched alkanes of at least 4 members (excludes halogenated alkanes) is 1. The number of hydrogen-bond acceptors (Lipinski definition) is 3. The maximum atomic E-state index is 12.0. The van der Waals surface area contributed by atoms with E-state index in [-0.39, 0.29) is 5.91 Å². The number of carbonyl (C=O) groups is 1. The van der Waals surface area contributed by atoms with Gasteiger partial charge in [-0.25, -0.2) is 4.98 Å². The summed E-state index contributed by atoms with van der Waals surface area (Å²) in [5.41, 5.74) is 1.73. The number of aromatic amines is 1. The van der Waals surface area contributed by atoms with Crippen LogP contribution >= 0.6 is 0 Å². The van der Waals surface area contributed by atoms with Crippen molar-refractivity contribution in [3.8, 4) is 11.3 Å². The molecule has 0 spiro atoms. The summed E-state index contributed by atoms with van der Waals surface area (Å²) in [5, 5.41) is 3.82. The minimum absolute atomic E-state index is 0.172. The lowest BCUT2D eigenvalue weighted by molar-refractivity contribution is 0.0926. The van der Waals surface area contributed by atoms with Crippen LogP contribution in [-0.2, 0) is 0 Å². The van der Waals surface area contributed by atoms with Gasteiger partial charge in [0.1, 0.15) is 11.4 Å². The van der Waals surface area contributed by atoms with Crippen LogP contribution in [0.1, 0.15) is 30.3 Å². The van der Waals surface area contributed by atoms with Crippen molar-refractivity contribution < 1.29 is 9.21 Å². The topological polar surface area (TPSA) is 70.9 Å². The first-order chi connectivity index (χ1) is 10.3. The molecule has 21 heavy (non-hydrogen) atoms. The normalized spacial score (nSPS) is 10.9. The Kier molecular flexibility index (Phi) is 3.73. The number of pyridine rings is 1. The highest BCUT2D eigenvalue weighted by molar-refractivity contribution is 5.94. The van der Waals surface area contributed by atoms with Gasteiger partial charge in [0.05, 0.1) is 0 Å². The Bertz CT molecular complexity index is 758. The molecule has 3 aromatic heterocycles. The molecule has 0 fully saturated rings. The average molecular weight is 283 g/mol. The highest BCUT2D eigenvalue weighted by atomic mass is 16.3. The standard InChI is InChI=1S/C16H17N3O2/c1-2-3-8-19-16(20)14-5-4-13(21-14)11-6-9-17-15-12(11)7-10-18-15/h4-7,9-10H,2-3,8H2,1H3,(H,17,18)(H,19,20). The van der Waals surface area contributed by atoms with E-state index in [0.29, 0.717) is 18.1 Å². The molecular formula is C16H17N3O2. The lowest BCUT2D eigenvalue weighted by Gasteiger charge is -2.02. The molecule has 0 radical (unpaired) electrons. The Morgan fingerprint density at radius 3 is 3.10 bits per heavy atom. The van der Waals surface area contributed by atoms with Gasteiger partial charge in [0.15, 0.2) is 5.76 Å². The zero-order chi connectivity index (χ0) is 14.7. The molecule has 2 N–H and O–H groups in total. The first kappa shape index (κ1) is 13.4. The molecule has 0 atom stereocenters. The largest absolute Gasteiger partial charge is 0.451 e. The van der Waals surface area contributed by atoms with Crippen LogP contribution in [0, 0.1) is 0 Å². The molecule has 3 aromatic rings. The number of amides is 1. The van der Waals surface area contributed by atoms with Crippen molar-refractivity contribution in [3.63, 3.8) is 0 Å². The zero-order valence-electron chi connectivity index (χ0n) is 11.8. The molecule has 0 aliphatic heterocycles. The number of furan rings is 1. The van der Waals surface area contributed by atoms with Gasteiger partial charge in [-0.3, -0.25) is 4.79 Å². The number of hydrogen-bond donors (Lipinski definition) is 2. The summed E-state index contributed by atoms with van der Waals surface area (Å²) in [6.07, 6.45) is 5.57. The van der Waals surface area contributed by atoms with E-state index in [1.807, 2.05) is 24.4 Å². The third kappa shape index (κ3) is 2.67. The molecule has 0 aliphatic rings. The second-order valence-electron chi connectivity index (χ2n) is 4.87. The molecule has 0 saturated heterocycles. The van der Waals surface area contributed by atoms with Crippen molar-refractivity contribution in [3.05, 3.63) is 42.4 Å². The summed E-state index contributed by atoms with van der Waals surface area (Å²) < 4.78 is 5.69. The number of aromatic nitrogens is 2. The fourth-order valence-corrected chi connectivity index (χ4v) is 2.25. The van der Waals surface area contributed by atoms with Gasteiger partial charge in [-0.1, -0.05) is 13.3 Å². The number of carbonyl (C=O) groups excluding carboxylic acids is 1. The van der Waals surface area contributed by atoms with Gasteiger partial charge >= 0.3 is 0 Å². The molecule has 5 nitrogen and oxygen atoms in total. The van der Waals surface area contributed by atoms with Crippen LogP contribution in [-0.4, -0.2) is 22.4 Å². The second-order valence-corrected chi connectivity index (χ2v) is 4.87. The summed E-state index contributed by atoms with van der Waals surface area (Å²) in [7, 11) is 0. The first-order valence-corrected chi connectivity index (χ1v) is 7.10. The lowest BCUT2D eigenvalue weighted by Crippen LogP contribution is -2.23. The Hall–Kier alpha value is -2.56. The van der Waals surface area contributed by atoms with Crippen LogP contribution < -0.4 is 5.32 Å². The van der Waals surface area contributed by atoms with Gasteiger partial charge in [0.2, 0.25) is 0 Å². The number of rotatable bonds is 5. The van der Waals surface area contributed by atoms with E-state index in [1.165, 1.54) is 0 Å². The molecule has 3 heterocycles. The number of H-pyrrole nitrogens is 1. The highest BCUT2D eigenvalue weighted by Gasteiger charge is 2.13. The molecule has 108 valence electrons. The Labute approximate surface area is 122 Å². The van der Waals surface area contributed by atoms with Gasteiger partial charge in [-0.15, -0.1) is 0 Å². The molecule has 0 bridgehead atoms. The van der Waals surface area contributed by atoms with Crippen LogP contribution in [0.2, 0.25) is 0 Å². The zero-order valence-corrected chi connectivity index (χ0v) is 11.8. The van der Waals surface area contributed by atoms with E-state index in [2.05, 4.69) is 22.2 Å². The summed E-state index contributed by atoms with van der Waals surface area (Å²) in [5.74, 6) is 0.832. The van der Waals surface area contributed by atoms with Crippen molar-refractivity contribution in [2.24, 2.45) is 0 Å². The summed E-state index contributed by atoms with van der Waals surface area (Å²) >= 11 is 0. The van der Waals surface area contributed by atoms with Gasteiger partial charge in [-0.2, -0.15) is 0 Å².